The van der Waals surface area contributed by atoms with E-state index in [4.69, 9.17) is 4.74 Å². The summed E-state index contributed by atoms with van der Waals surface area (Å²) in [7, 11) is 1.32. The van der Waals surface area contributed by atoms with Gasteiger partial charge in [-0.15, -0.1) is 10.2 Å². The first-order chi connectivity index (χ1) is 10.8. The van der Waals surface area contributed by atoms with Crippen LogP contribution in [-0.2, 0) is 14.3 Å². The Labute approximate surface area is 145 Å². The van der Waals surface area contributed by atoms with E-state index in [1.165, 1.54) is 30.2 Å². The van der Waals surface area contributed by atoms with Crippen molar-refractivity contribution >= 4 is 40.1 Å². The number of nitrogens with zero attached hydrogens (tertiary/aromatic N) is 2. The number of hydrogen-bond donors (Lipinski definition) is 2. The fourth-order valence-corrected chi connectivity index (χ4v) is 3.47. The Bertz CT molecular complexity index is 520. The van der Waals surface area contributed by atoms with Crippen LogP contribution >= 0.6 is 23.1 Å². The molecular formula is C14H24N4O3S2. The van der Waals surface area contributed by atoms with Crippen LogP contribution in [0.1, 0.15) is 34.1 Å². The zero-order chi connectivity index (χ0) is 17.4. The number of ether oxygens (including phenoxy) is 1. The van der Waals surface area contributed by atoms with Crippen LogP contribution < -0.4 is 10.6 Å². The average molecular weight is 361 g/mol. The smallest absolute Gasteiger partial charge is 0.328 e. The highest BCUT2D eigenvalue weighted by Gasteiger charge is 2.22. The third-order valence-electron chi connectivity index (χ3n) is 2.67. The number of anilines is 1. The molecule has 0 saturated heterocycles. The van der Waals surface area contributed by atoms with Crippen molar-refractivity contribution in [3.05, 3.63) is 0 Å². The maximum Gasteiger partial charge on any atom is 0.328 e. The molecule has 0 radical (unpaired) electrons. The summed E-state index contributed by atoms with van der Waals surface area (Å²) in [6.45, 7) is 8.01. The Balaban J connectivity index is 2.48. The van der Waals surface area contributed by atoms with Crippen LogP contribution in [0.5, 0.6) is 0 Å². The lowest BCUT2D eigenvalue weighted by Crippen LogP contribution is -2.43. The molecule has 2 N–H and O–H groups in total. The molecule has 0 saturated carbocycles. The standard InChI is InChI=1S/C14H24N4O3S2/c1-8(2)6-10(12(20)21-5)16-11(19)7-22-14-18-17-13(23-14)15-9(3)4/h8-10H,6-7H2,1-5H3,(H,15,17)(H,16,19)/t10-/m1/s1. The molecule has 23 heavy (non-hydrogen) atoms. The van der Waals surface area contributed by atoms with Crippen molar-refractivity contribution in [2.75, 3.05) is 18.2 Å². The van der Waals surface area contributed by atoms with Crippen molar-refractivity contribution in [3.63, 3.8) is 0 Å². The van der Waals surface area contributed by atoms with Crippen LogP contribution in [0.2, 0.25) is 0 Å². The molecule has 0 aliphatic carbocycles. The molecular weight excluding hydrogens is 336 g/mol. The Hall–Kier alpha value is -1.35. The summed E-state index contributed by atoms with van der Waals surface area (Å²) >= 11 is 2.70. The summed E-state index contributed by atoms with van der Waals surface area (Å²) in [6.07, 6.45) is 0.546. The molecule has 1 atom stereocenters. The van der Waals surface area contributed by atoms with Gasteiger partial charge in [-0.1, -0.05) is 36.9 Å². The fourth-order valence-electron chi connectivity index (χ4n) is 1.76. The van der Waals surface area contributed by atoms with Crippen molar-refractivity contribution < 1.29 is 14.3 Å². The second kappa shape index (κ2) is 9.71. The first kappa shape index (κ1) is 19.7. The molecule has 0 bridgehead atoms. The quantitative estimate of drug-likeness (QED) is 0.515. The number of methoxy groups -OCH3 is 1. The van der Waals surface area contributed by atoms with Crippen LogP contribution in [0.25, 0.3) is 0 Å². The zero-order valence-electron chi connectivity index (χ0n) is 14.1. The van der Waals surface area contributed by atoms with Crippen molar-refractivity contribution in [2.24, 2.45) is 5.92 Å². The molecule has 7 nitrogen and oxygen atoms in total. The maximum atomic E-state index is 12.0. The van der Waals surface area contributed by atoms with Crippen LogP contribution in [0.15, 0.2) is 4.34 Å². The van der Waals surface area contributed by atoms with E-state index in [2.05, 4.69) is 20.8 Å². The van der Waals surface area contributed by atoms with Gasteiger partial charge < -0.3 is 15.4 Å². The Morgan fingerprint density at radius 1 is 1.26 bits per heavy atom. The van der Waals surface area contributed by atoms with Crippen LogP contribution in [0, 0.1) is 5.92 Å². The van der Waals surface area contributed by atoms with Crippen LogP contribution in [0.4, 0.5) is 5.13 Å². The predicted octanol–water partition coefficient (Wildman–Crippen LogP) is 2.15. The van der Waals surface area contributed by atoms with Gasteiger partial charge in [0.1, 0.15) is 6.04 Å². The lowest BCUT2D eigenvalue weighted by atomic mass is 10.0. The number of carbonyl (C=O) groups is 2. The third-order valence-corrected chi connectivity index (χ3v) is 4.66. The lowest BCUT2D eigenvalue weighted by molar-refractivity contribution is -0.145. The molecule has 130 valence electrons. The Morgan fingerprint density at radius 2 is 1.96 bits per heavy atom. The summed E-state index contributed by atoms with van der Waals surface area (Å²) in [5, 5.41) is 14.6. The molecule has 0 spiro atoms. The van der Waals surface area contributed by atoms with E-state index in [-0.39, 0.29) is 23.6 Å². The van der Waals surface area contributed by atoms with Crippen LogP contribution in [-0.4, -0.2) is 47.0 Å². The van der Waals surface area contributed by atoms with Gasteiger partial charge in [0.05, 0.1) is 12.9 Å². The highest BCUT2D eigenvalue weighted by Crippen LogP contribution is 2.25. The number of esters is 1. The monoisotopic (exact) mass is 360 g/mol. The van der Waals surface area contributed by atoms with Gasteiger partial charge in [-0.3, -0.25) is 4.79 Å². The van der Waals surface area contributed by atoms with E-state index >= 15 is 0 Å². The first-order valence-electron chi connectivity index (χ1n) is 7.41. The number of aromatic nitrogens is 2. The average Bonchev–Trinajstić information content (AvgIpc) is 2.89. The number of rotatable bonds is 9. The Morgan fingerprint density at radius 3 is 2.52 bits per heavy atom. The van der Waals surface area contributed by atoms with Gasteiger partial charge in [0.25, 0.3) is 0 Å². The molecule has 1 aromatic heterocycles. The summed E-state index contributed by atoms with van der Waals surface area (Å²) in [5.41, 5.74) is 0. The van der Waals surface area contributed by atoms with Crippen molar-refractivity contribution in [2.45, 2.75) is 50.5 Å². The van der Waals surface area contributed by atoms with Gasteiger partial charge in [0.15, 0.2) is 4.34 Å². The SMILES string of the molecule is COC(=O)[C@@H](CC(C)C)NC(=O)CSc1nnc(NC(C)C)s1. The van der Waals surface area contributed by atoms with Gasteiger partial charge in [-0.25, -0.2) is 4.79 Å². The summed E-state index contributed by atoms with van der Waals surface area (Å²) in [5.74, 6) is -0.182. The minimum Gasteiger partial charge on any atom is -0.467 e. The molecule has 0 unspecified atom stereocenters. The van der Waals surface area contributed by atoms with E-state index in [1.807, 2.05) is 27.7 Å². The zero-order valence-corrected chi connectivity index (χ0v) is 15.7. The first-order valence-corrected chi connectivity index (χ1v) is 9.22. The van der Waals surface area contributed by atoms with Crippen molar-refractivity contribution in [1.29, 1.82) is 0 Å². The molecule has 0 aliphatic rings. The maximum absolute atomic E-state index is 12.0. The summed E-state index contributed by atoms with van der Waals surface area (Å²) < 4.78 is 5.44. The molecule has 0 aromatic carbocycles. The highest BCUT2D eigenvalue weighted by atomic mass is 32.2. The fraction of sp³-hybridized carbons (Fsp3) is 0.714. The summed E-state index contributed by atoms with van der Waals surface area (Å²) in [6, 6.07) is -0.332. The molecule has 1 rings (SSSR count). The molecule has 1 aromatic rings. The predicted molar refractivity (Wildman–Crippen MR) is 92.8 cm³/mol. The Kier molecular flexibility index (Phi) is 8.32. The topological polar surface area (TPSA) is 93.2 Å². The lowest BCUT2D eigenvalue weighted by Gasteiger charge is -2.17. The molecule has 0 fully saturated rings. The normalized spacial score (nSPS) is 12.3. The van der Waals surface area contributed by atoms with Crippen molar-refractivity contribution in [3.8, 4) is 0 Å². The molecule has 9 heteroatoms. The number of nitrogens with one attached hydrogen (secondary N) is 2. The van der Waals surface area contributed by atoms with E-state index in [0.29, 0.717) is 10.8 Å². The van der Waals surface area contributed by atoms with Gasteiger partial charge in [-0.05, 0) is 26.2 Å². The number of thioether (sulfide) groups is 1. The highest BCUT2D eigenvalue weighted by molar-refractivity contribution is 8.01. The summed E-state index contributed by atoms with van der Waals surface area (Å²) in [4.78, 5) is 23.7. The van der Waals surface area contributed by atoms with Gasteiger partial charge >= 0.3 is 5.97 Å². The van der Waals surface area contributed by atoms with Gasteiger partial charge in [0, 0.05) is 6.04 Å². The van der Waals surface area contributed by atoms with Gasteiger partial charge in [0.2, 0.25) is 11.0 Å². The number of amides is 1. The van der Waals surface area contributed by atoms with E-state index in [9.17, 15) is 9.59 Å². The molecule has 0 aliphatic heterocycles. The van der Waals surface area contributed by atoms with Crippen LogP contribution in [0.3, 0.4) is 0 Å². The van der Waals surface area contributed by atoms with Gasteiger partial charge in [-0.2, -0.15) is 0 Å². The number of carbonyl (C=O) groups excluding carboxylic acids is 2. The number of hydrogen-bond acceptors (Lipinski definition) is 8. The second-order valence-corrected chi connectivity index (χ2v) is 7.93. The van der Waals surface area contributed by atoms with E-state index in [0.717, 1.165) is 5.13 Å². The second-order valence-electron chi connectivity index (χ2n) is 5.73. The van der Waals surface area contributed by atoms with Crippen molar-refractivity contribution in [1.82, 2.24) is 15.5 Å². The molecule has 1 amide bonds. The largest absolute Gasteiger partial charge is 0.467 e. The molecule has 1 heterocycles. The minimum absolute atomic E-state index is 0.182. The van der Waals surface area contributed by atoms with E-state index < -0.39 is 12.0 Å². The minimum atomic E-state index is -0.610. The van der Waals surface area contributed by atoms with E-state index in [1.54, 1.807) is 0 Å². The third kappa shape index (κ3) is 7.65.